The maximum atomic E-state index is 12.0. The molecule has 0 radical (unpaired) electrons. The van der Waals surface area contributed by atoms with Gasteiger partial charge in [0.05, 0.1) is 9.85 Å². The molecule has 2 heterocycles. The first-order valence-corrected chi connectivity index (χ1v) is 5.72. The van der Waals surface area contributed by atoms with Crippen molar-refractivity contribution in [1.29, 1.82) is 0 Å². The Morgan fingerprint density at radius 3 is 2.43 bits per heavy atom. The monoisotopic (exact) mass is 294 g/mol. The van der Waals surface area contributed by atoms with E-state index >= 15 is 0 Å². The van der Waals surface area contributed by atoms with E-state index in [0.29, 0.717) is 0 Å². The lowest BCUT2D eigenvalue weighted by Crippen LogP contribution is -2.20. The summed E-state index contributed by atoms with van der Waals surface area (Å²) < 4.78 is 1.98. The second-order valence-corrected chi connectivity index (χ2v) is 4.24. The van der Waals surface area contributed by atoms with Gasteiger partial charge >= 0.3 is 11.4 Å². The largest absolute Gasteiger partial charge is 0.313 e. The summed E-state index contributed by atoms with van der Waals surface area (Å²) in [5.41, 5.74) is -0.251. The molecule has 11 nitrogen and oxygen atoms in total. The molecular weight excluding hydrogens is 284 g/mol. The number of hydrogen-bond acceptors (Lipinski definition) is 7. The van der Waals surface area contributed by atoms with Crippen LogP contribution >= 0.6 is 0 Å². The molecule has 0 atom stereocenters. The third-order valence-electron chi connectivity index (χ3n) is 2.80. The summed E-state index contributed by atoms with van der Waals surface area (Å²) in [6.45, 7) is 2.52. The smallest absolute Gasteiger partial charge is 0.270 e. The summed E-state index contributed by atoms with van der Waals surface area (Å²) in [5.74, 6) is -0.582. The molecule has 2 rings (SSSR count). The second-order valence-electron chi connectivity index (χ2n) is 4.24. The van der Waals surface area contributed by atoms with Crippen LogP contribution in [0, 0.1) is 34.1 Å². The van der Waals surface area contributed by atoms with Crippen molar-refractivity contribution in [3.05, 3.63) is 44.0 Å². The number of carbonyl (C=O) groups is 1. The Labute approximate surface area is 117 Å². The fraction of sp³-hybridized carbons (Fsp3) is 0.300. The fourth-order valence-corrected chi connectivity index (χ4v) is 1.88. The average molecular weight is 294 g/mol. The van der Waals surface area contributed by atoms with Crippen molar-refractivity contribution in [2.45, 2.75) is 20.4 Å². The van der Waals surface area contributed by atoms with Crippen molar-refractivity contribution in [3.8, 4) is 0 Å². The maximum Gasteiger partial charge on any atom is 0.313 e. The van der Waals surface area contributed by atoms with Crippen LogP contribution in [0.15, 0.2) is 12.4 Å². The molecule has 110 valence electrons. The number of nitrogens with zero attached hydrogens (tertiary/aromatic N) is 6. The van der Waals surface area contributed by atoms with Crippen molar-refractivity contribution in [3.63, 3.8) is 0 Å². The Morgan fingerprint density at radius 2 is 1.95 bits per heavy atom. The Morgan fingerprint density at radius 1 is 1.29 bits per heavy atom. The van der Waals surface area contributed by atoms with Crippen LogP contribution in [0.25, 0.3) is 0 Å². The maximum absolute atomic E-state index is 12.0. The van der Waals surface area contributed by atoms with Crippen LogP contribution in [0.4, 0.5) is 11.4 Å². The van der Waals surface area contributed by atoms with E-state index < -0.39 is 15.8 Å². The van der Waals surface area contributed by atoms with Crippen LogP contribution in [0.2, 0.25) is 0 Å². The summed E-state index contributed by atoms with van der Waals surface area (Å²) in [5, 5.41) is 28.9. The first-order valence-electron chi connectivity index (χ1n) is 5.72. The van der Waals surface area contributed by atoms with Crippen molar-refractivity contribution in [2.75, 3.05) is 0 Å². The van der Waals surface area contributed by atoms with Crippen molar-refractivity contribution < 1.29 is 14.6 Å². The van der Waals surface area contributed by atoms with Crippen LogP contribution in [0.3, 0.4) is 0 Å². The predicted molar refractivity (Wildman–Crippen MR) is 67.9 cm³/mol. The summed E-state index contributed by atoms with van der Waals surface area (Å²) in [4.78, 5) is 32.2. The number of hydrogen-bond donors (Lipinski definition) is 0. The van der Waals surface area contributed by atoms with Gasteiger partial charge in [-0.2, -0.15) is 14.9 Å². The minimum atomic E-state index is -0.637. The average Bonchev–Trinajstić information content (AvgIpc) is 2.94. The molecule has 0 fully saturated rings. The quantitative estimate of drug-likeness (QED) is 0.601. The standard InChI is InChI=1S/C10H10N6O5/c1-6-10(16(20)21)7(2)14(12-6)9(17)5-13-4-8(3-11-13)15(18)19/h3-4H,5H2,1-2H3. The summed E-state index contributed by atoms with van der Waals surface area (Å²) in [6, 6.07) is 0. The normalized spacial score (nSPS) is 10.6. The van der Waals surface area contributed by atoms with E-state index in [1.54, 1.807) is 0 Å². The highest BCUT2D eigenvalue weighted by Gasteiger charge is 2.25. The third kappa shape index (κ3) is 2.61. The van der Waals surface area contributed by atoms with Crippen molar-refractivity contribution in [1.82, 2.24) is 19.6 Å². The molecule has 0 unspecified atom stereocenters. The van der Waals surface area contributed by atoms with E-state index in [1.165, 1.54) is 13.8 Å². The van der Waals surface area contributed by atoms with E-state index in [0.717, 1.165) is 21.8 Å². The minimum absolute atomic E-state index is 0.101. The van der Waals surface area contributed by atoms with Gasteiger partial charge in [0.2, 0.25) is 0 Å². The number of rotatable bonds is 4. The summed E-state index contributed by atoms with van der Waals surface area (Å²) >= 11 is 0. The highest BCUT2D eigenvalue weighted by atomic mass is 16.6. The van der Waals surface area contributed by atoms with E-state index in [2.05, 4.69) is 10.2 Å². The molecule has 2 aromatic rings. The van der Waals surface area contributed by atoms with Gasteiger partial charge in [-0.15, -0.1) is 0 Å². The van der Waals surface area contributed by atoms with E-state index in [4.69, 9.17) is 0 Å². The van der Waals surface area contributed by atoms with E-state index in [1.807, 2.05) is 0 Å². The van der Waals surface area contributed by atoms with Gasteiger partial charge in [0.1, 0.15) is 30.3 Å². The molecule has 0 N–H and O–H groups in total. The SMILES string of the molecule is Cc1nn(C(=O)Cn2cc([N+](=O)[O-])cn2)c(C)c1[N+](=O)[O-]. The molecule has 0 amide bonds. The lowest BCUT2D eigenvalue weighted by molar-refractivity contribution is -0.386. The van der Waals surface area contributed by atoms with Gasteiger partial charge < -0.3 is 0 Å². The summed E-state index contributed by atoms with van der Waals surface area (Å²) in [6.07, 6.45) is 2.11. The molecule has 0 spiro atoms. The molecule has 11 heteroatoms. The molecular formula is C10H10N6O5. The van der Waals surface area contributed by atoms with Gasteiger partial charge in [-0.1, -0.05) is 0 Å². The Hall–Kier alpha value is -3.11. The van der Waals surface area contributed by atoms with Crippen molar-refractivity contribution >= 4 is 17.3 Å². The second kappa shape index (κ2) is 5.11. The molecule has 0 aliphatic carbocycles. The zero-order valence-corrected chi connectivity index (χ0v) is 11.1. The van der Waals surface area contributed by atoms with Crippen LogP contribution in [0.1, 0.15) is 16.2 Å². The van der Waals surface area contributed by atoms with Gasteiger partial charge in [0, 0.05) is 0 Å². The topological polar surface area (TPSA) is 139 Å². The molecule has 0 bridgehead atoms. The van der Waals surface area contributed by atoms with Crippen LogP contribution < -0.4 is 0 Å². The van der Waals surface area contributed by atoms with Gasteiger partial charge in [-0.25, -0.2) is 0 Å². The highest BCUT2D eigenvalue weighted by molar-refractivity contribution is 5.79. The third-order valence-corrected chi connectivity index (χ3v) is 2.80. The van der Waals surface area contributed by atoms with Crippen LogP contribution in [-0.4, -0.2) is 35.3 Å². The van der Waals surface area contributed by atoms with Gasteiger partial charge in [0.15, 0.2) is 0 Å². The molecule has 21 heavy (non-hydrogen) atoms. The summed E-state index contributed by atoms with van der Waals surface area (Å²) in [7, 11) is 0. The molecule has 0 aliphatic rings. The van der Waals surface area contributed by atoms with Crippen LogP contribution in [0.5, 0.6) is 0 Å². The lowest BCUT2D eigenvalue weighted by Gasteiger charge is -2.02. The zero-order chi connectivity index (χ0) is 15.7. The molecule has 0 saturated heterocycles. The number of aryl methyl sites for hydroxylation is 1. The molecule has 0 aliphatic heterocycles. The predicted octanol–water partition coefficient (Wildman–Crippen LogP) is 0.853. The first kappa shape index (κ1) is 14.3. The number of aromatic nitrogens is 4. The fourth-order valence-electron chi connectivity index (χ4n) is 1.88. The number of nitro groups is 2. The van der Waals surface area contributed by atoms with E-state index in [-0.39, 0.29) is 29.3 Å². The van der Waals surface area contributed by atoms with Crippen molar-refractivity contribution in [2.24, 2.45) is 0 Å². The Bertz CT molecular complexity index is 745. The highest BCUT2D eigenvalue weighted by Crippen LogP contribution is 2.21. The Kier molecular flexibility index (Phi) is 3.48. The van der Waals surface area contributed by atoms with Crippen LogP contribution in [-0.2, 0) is 6.54 Å². The number of carbonyl (C=O) groups excluding carboxylic acids is 1. The Balaban J connectivity index is 2.26. The minimum Gasteiger partial charge on any atom is -0.270 e. The lowest BCUT2D eigenvalue weighted by atomic mass is 10.3. The van der Waals surface area contributed by atoms with Gasteiger partial charge in [-0.05, 0) is 13.8 Å². The zero-order valence-electron chi connectivity index (χ0n) is 11.1. The molecule has 0 aromatic carbocycles. The molecule has 2 aromatic heterocycles. The molecule has 0 saturated carbocycles. The van der Waals surface area contributed by atoms with E-state index in [9.17, 15) is 25.0 Å². The first-order chi connectivity index (χ1) is 9.81. The van der Waals surface area contributed by atoms with Gasteiger partial charge in [0.25, 0.3) is 5.91 Å². The van der Waals surface area contributed by atoms with Gasteiger partial charge in [-0.3, -0.25) is 29.7 Å².